The third-order valence-electron chi connectivity index (χ3n) is 5.22. The minimum Gasteiger partial charge on any atom is -0.497 e. The topological polar surface area (TPSA) is 55.3 Å². The summed E-state index contributed by atoms with van der Waals surface area (Å²) in [7, 11) is 1.65. The molecule has 0 bridgehead atoms. The summed E-state index contributed by atoms with van der Waals surface area (Å²) in [6.07, 6.45) is 0.525. The molecule has 4 aromatic rings. The largest absolute Gasteiger partial charge is 0.497 e. The number of aryl methyl sites for hydroxylation is 1. The lowest BCUT2D eigenvalue weighted by Gasteiger charge is -2.38. The van der Waals surface area contributed by atoms with E-state index in [1.165, 1.54) is 16.9 Å². The van der Waals surface area contributed by atoms with Crippen LogP contribution < -0.4 is 9.64 Å². The Labute approximate surface area is 182 Å². The molecule has 1 amide bonds. The molecule has 5 nitrogen and oxygen atoms in total. The highest BCUT2D eigenvalue weighted by Crippen LogP contribution is 2.41. The van der Waals surface area contributed by atoms with Gasteiger partial charge in [-0.1, -0.05) is 29.8 Å². The van der Waals surface area contributed by atoms with Crippen molar-refractivity contribution in [3.8, 4) is 27.7 Å². The molecule has 1 aliphatic rings. The van der Waals surface area contributed by atoms with Crippen LogP contribution in [0.15, 0.2) is 59.3 Å². The number of amides is 1. The maximum absolute atomic E-state index is 12.3. The van der Waals surface area contributed by atoms with Gasteiger partial charge in [0.1, 0.15) is 16.5 Å². The molecule has 0 spiro atoms. The Bertz CT molecular complexity index is 1200. The van der Waals surface area contributed by atoms with Gasteiger partial charge in [-0.15, -0.1) is 22.7 Å². The number of rotatable bonds is 5. The molecule has 0 aliphatic carbocycles. The van der Waals surface area contributed by atoms with Crippen LogP contribution in [-0.2, 0) is 4.79 Å². The molecule has 2 aromatic heterocycles. The molecule has 1 fully saturated rings. The minimum absolute atomic E-state index is 0.0586. The van der Waals surface area contributed by atoms with E-state index in [0.717, 1.165) is 38.4 Å². The zero-order chi connectivity index (χ0) is 20.7. The number of methoxy groups -OCH3 is 1. The van der Waals surface area contributed by atoms with E-state index in [2.05, 4.69) is 31.2 Å². The van der Waals surface area contributed by atoms with Crippen molar-refractivity contribution in [2.75, 3.05) is 12.0 Å². The number of anilines is 1. The fourth-order valence-electron chi connectivity index (χ4n) is 3.47. The Morgan fingerprint density at radius 2 is 1.70 bits per heavy atom. The lowest BCUT2D eigenvalue weighted by atomic mass is 9.94. The van der Waals surface area contributed by atoms with Crippen molar-refractivity contribution in [3.63, 3.8) is 0 Å². The van der Waals surface area contributed by atoms with Crippen LogP contribution in [0, 0.1) is 6.92 Å². The number of ether oxygens (including phenoxy) is 1. The number of nitrogens with zero attached hydrogens (tertiary/aromatic N) is 3. The van der Waals surface area contributed by atoms with Gasteiger partial charge in [0, 0.05) is 16.3 Å². The summed E-state index contributed by atoms with van der Waals surface area (Å²) in [6.45, 7) is 2.06. The van der Waals surface area contributed by atoms with E-state index >= 15 is 0 Å². The summed E-state index contributed by atoms with van der Waals surface area (Å²) in [5.41, 5.74) is 5.11. The number of hydrogen-bond acceptors (Lipinski definition) is 6. The van der Waals surface area contributed by atoms with E-state index in [4.69, 9.17) is 14.7 Å². The van der Waals surface area contributed by atoms with Crippen molar-refractivity contribution in [3.05, 3.63) is 70.4 Å². The Morgan fingerprint density at radius 3 is 2.40 bits per heavy atom. The van der Waals surface area contributed by atoms with Gasteiger partial charge in [-0.3, -0.25) is 9.69 Å². The van der Waals surface area contributed by atoms with Crippen LogP contribution in [0.3, 0.4) is 0 Å². The fourth-order valence-corrected chi connectivity index (χ4v) is 5.21. The normalized spacial score (nSPS) is 15.9. The van der Waals surface area contributed by atoms with Crippen molar-refractivity contribution >= 4 is 33.7 Å². The van der Waals surface area contributed by atoms with Crippen molar-refractivity contribution in [2.24, 2.45) is 0 Å². The third kappa shape index (κ3) is 3.40. The summed E-state index contributed by atoms with van der Waals surface area (Å²) in [4.78, 5) is 23.6. The highest BCUT2D eigenvalue weighted by molar-refractivity contribution is 7.16. The van der Waals surface area contributed by atoms with Gasteiger partial charge in [0.05, 0.1) is 25.3 Å². The molecule has 2 aromatic carbocycles. The Balaban J connectivity index is 1.38. The maximum atomic E-state index is 12.3. The van der Waals surface area contributed by atoms with E-state index < -0.39 is 0 Å². The van der Waals surface area contributed by atoms with Gasteiger partial charge in [-0.2, -0.15) is 0 Å². The molecule has 30 heavy (non-hydrogen) atoms. The third-order valence-corrected chi connectivity index (χ3v) is 6.92. The zero-order valence-electron chi connectivity index (χ0n) is 16.5. The summed E-state index contributed by atoms with van der Waals surface area (Å²) in [6, 6.07) is 16.3. The summed E-state index contributed by atoms with van der Waals surface area (Å²) < 4.78 is 5.22. The minimum atomic E-state index is 0.0586. The van der Waals surface area contributed by atoms with Crippen LogP contribution in [0.1, 0.15) is 23.6 Å². The van der Waals surface area contributed by atoms with Crippen LogP contribution in [0.2, 0.25) is 0 Å². The summed E-state index contributed by atoms with van der Waals surface area (Å²) in [5, 5.41) is 5.58. The molecule has 1 saturated heterocycles. The maximum Gasteiger partial charge on any atom is 0.231 e. The molecular formula is C23H19N3O2S2. The van der Waals surface area contributed by atoms with Gasteiger partial charge in [-0.05, 0) is 36.8 Å². The monoisotopic (exact) mass is 433 g/mol. The first kappa shape index (κ1) is 19.0. The molecule has 0 radical (unpaired) electrons. The van der Waals surface area contributed by atoms with Crippen LogP contribution >= 0.6 is 22.7 Å². The number of benzene rings is 2. The van der Waals surface area contributed by atoms with Crippen LogP contribution in [0.5, 0.6) is 5.75 Å². The SMILES string of the molecule is COc1ccc(-c2csc(-c3csc(N4C(=O)CC4c4ccc(C)cc4)n3)n2)cc1. The second-order valence-electron chi connectivity index (χ2n) is 7.18. The molecule has 150 valence electrons. The van der Waals surface area contributed by atoms with E-state index in [-0.39, 0.29) is 11.9 Å². The molecule has 7 heteroatoms. The van der Waals surface area contributed by atoms with E-state index in [1.54, 1.807) is 23.3 Å². The Kier molecular flexibility index (Phi) is 4.84. The molecule has 1 unspecified atom stereocenters. The molecule has 3 heterocycles. The molecular weight excluding hydrogens is 414 g/mol. The Morgan fingerprint density at radius 1 is 0.967 bits per heavy atom. The van der Waals surface area contributed by atoms with Gasteiger partial charge >= 0.3 is 0 Å². The van der Waals surface area contributed by atoms with Gasteiger partial charge < -0.3 is 4.74 Å². The lowest BCUT2D eigenvalue weighted by Crippen LogP contribution is -2.46. The predicted molar refractivity (Wildman–Crippen MR) is 121 cm³/mol. The molecule has 0 N–H and O–H groups in total. The predicted octanol–water partition coefficient (Wildman–Crippen LogP) is 5.73. The lowest BCUT2D eigenvalue weighted by molar-refractivity contribution is -0.124. The van der Waals surface area contributed by atoms with E-state index in [0.29, 0.717) is 6.42 Å². The van der Waals surface area contributed by atoms with E-state index in [1.807, 2.05) is 35.0 Å². The highest BCUT2D eigenvalue weighted by atomic mass is 32.1. The number of carbonyl (C=O) groups excluding carboxylic acids is 1. The number of β-lactam (4-membered cyclic amide) rings is 1. The van der Waals surface area contributed by atoms with Crippen molar-refractivity contribution in [1.29, 1.82) is 0 Å². The van der Waals surface area contributed by atoms with Crippen molar-refractivity contribution in [1.82, 2.24) is 9.97 Å². The highest BCUT2D eigenvalue weighted by Gasteiger charge is 2.40. The number of thiazole rings is 2. The summed E-state index contributed by atoms with van der Waals surface area (Å²) in [5.74, 6) is 0.931. The van der Waals surface area contributed by atoms with Gasteiger partial charge in [0.15, 0.2) is 5.13 Å². The number of hydrogen-bond donors (Lipinski definition) is 0. The van der Waals surface area contributed by atoms with Crippen LogP contribution in [0.4, 0.5) is 5.13 Å². The van der Waals surface area contributed by atoms with Gasteiger partial charge in [0.25, 0.3) is 0 Å². The quantitative estimate of drug-likeness (QED) is 0.377. The zero-order valence-corrected chi connectivity index (χ0v) is 18.2. The van der Waals surface area contributed by atoms with Crippen LogP contribution in [-0.4, -0.2) is 23.0 Å². The van der Waals surface area contributed by atoms with Gasteiger partial charge in [0.2, 0.25) is 5.91 Å². The van der Waals surface area contributed by atoms with Gasteiger partial charge in [-0.25, -0.2) is 9.97 Å². The number of carbonyl (C=O) groups is 1. The second-order valence-corrected chi connectivity index (χ2v) is 8.87. The molecule has 1 atom stereocenters. The average molecular weight is 434 g/mol. The van der Waals surface area contributed by atoms with Crippen LogP contribution in [0.25, 0.3) is 22.0 Å². The molecule has 5 rings (SSSR count). The second kappa shape index (κ2) is 7.66. The average Bonchev–Trinajstić information content (AvgIpc) is 3.43. The first-order valence-electron chi connectivity index (χ1n) is 9.57. The standard InChI is InChI=1S/C23H19N3O2S2/c1-14-3-5-16(6-4-14)20-11-21(27)26(20)23-25-19(13-30-23)22-24-18(12-29-22)15-7-9-17(28-2)10-8-15/h3-10,12-13,20H,11H2,1-2H3. The Hall–Kier alpha value is -3.03. The first-order chi connectivity index (χ1) is 14.6. The number of aromatic nitrogens is 2. The van der Waals surface area contributed by atoms with Crippen molar-refractivity contribution < 1.29 is 9.53 Å². The van der Waals surface area contributed by atoms with Crippen molar-refractivity contribution in [2.45, 2.75) is 19.4 Å². The van der Waals surface area contributed by atoms with E-state index in [9.17, 15) is 4.79 Å². The molecule has 1 aliphatic heterocycles. The first-order valence-corrected chi connectivity index (χ1v) is 11.3. The molecule has 0 saturated carbocycles. The fraction of sp³-hybridized carbons (Fsp3) is 0.174. The summed E-state index contributed by atoms with van der Waals surface area (Å²) >= 11 is 3.04. The smallest absolute Gasteiger partial charge is 0.231 e.